The maximum atomic E-state index is 14.5. The van der Waals surface area contributed by atoms with E-state index in [9.17, 15) is 13.2 Å². The lowest BCUT2D eigenvalue weighted by Crippen LogP contribution is -2.28. The van der Waals surface area contributed by atoms with Crippen molar-refractivity contribution in [1.29, 1.82) is 0 Å². The van der Waals surface area contributed by atoms with Gasteiger partial charge in [0.05, 0.1) is 5.57 Å². The van der Waals surface area contributed by atoms with Gasteiger partial charge in [0.1, 0.15) is 12.4 Å². The molecule has 0 fully saturated rings. The molecule has 0 amide bonds. The third-order valence-corrected chi connectivity index (χ3v) is 5.37. The van der Waals surface area contributed by atoms with Crippen molar-refractivity contribution in [2.24, 2.45) is 0 Å². The fourth-order valence-corrected chi connectivity index (χ4v) is 3.72. The molecule has 32 heavy (non-hydrogen) atoms. The maximum Gasteiger partial charge on any atom is 0.417 e. The third-order valence-electron chi connectivity index (χ3n) is 5.37. The molecule has 0 aliphatic heterocycles. The summed E-state index contributed by atoms with van der Waals surface area (Å²) in [4.78, 5) is 2.21. The largest absolute Gasteiger partial charge is 0.492 e. The molecule has 0 N–H and O–H groups in total. The van der Waals surface area contributed by atoms with Crippen molar-refractivity contribution in [2.75, 3.05) is 26.2 Å². The summed E-state index contributed by atoms with van der Waals surface area (Å²) in [6.07, 6.45) is -4.55. The summed E-state index contributed by atoms with van der Waals surface area (Å²) in [7, 11) is 0. The highest BCUT2D eigenvalue weighted by molar-refractivity contribution is 6.01. The highest BCUT2D eigenvalue weighted by atomic mass is 19.4. The number of rotatable bonds is 9. The van der Waals surface area contributed by atoms with Gasteiger partial charge in [-0.3, -0.25) is 0 Å². The van der Waals surface area contributed by atoms with Gasteiger partial charge in [0.2, 0.25) is 0 Å². The summed E-state index contributed by atoms with van der Waals surface area (Å²) in [5, 5.41) is 0. The van der Waals surface area contributed by atoms with E-state index in [2.05, 4.69) is 18.7 Å². The van der Waals surface area contributed by atoms with Gasteiger partial charge in [-0.1, -0.05) is 92.7 Å². The highest BCUT2D eigenvalue weighted by Crippen LogP contribution is 2.44. The lowest BCUT2D eigenvalue weighted by Gasteiger charge is -2.22. The van der Waals surface area contributed by atoms with E-state index in [1.807, 2.05) is 0 Å². The Labute approximate surface area is 188 Å². The molecule has 0 aromatic heterocycles. The first-order chi connectivity index (χ1) is 15.5. The molecule has 3 rings (SSSR count). The van der Waals surface area contributed by atoms with Crippen LogP contribution in [0, 0.1) is 0 Å². The topological polar surface area (TPSA) is 12.5 Å². The van der Waals surface area contributed by atoms with Gasteiger partial charge in [-0.2, -0.15) is 13.2 Å². The standard InChI is InChI=1S/C27H28F3NO/c1-3-31(4-2)19-20-32-24-18-12-11-17-23(24)25(21-13-7-5-8-14-21)26(27(28,29)30)22-15-9-6-10-16-22/h5-18H,3-4,19-20H2,1-2H3. The molecule has 0 spiro atoms. The molecule has 3 aromatic rings. The molecule has 168 valence electrons. The van der Waals surface area contributed by atoms with E-state index in [0.717, 1.165) is 13.1 Å². The number of nitrogens with zero attached hydrogens (tertiary/aromatic N) is 1. The van der Waals surface area contributed by atoms with E-state index < -0.39 is 11.7 Å². The number of allylic oxidation sites excluding steroid dienone is 1. The second-order valence-corrected chi connectivity index (χ2v) is 7.35. The minimum Gasteiger partial charge on any atom is -0.492 e. The Balaban J connectivity index is 2.18. The van der Waals surface area contributed by atoms with Crippen molar-refractivity contribution in [2.45, 2.75) is 20.0 Å². The Morgan fingerprint density at radius 3 is 1.84 bits per heavy atom. The Morgan fingerprint density at radius 1 is 0.750 bits per heavy atom. The van der Waals surface area contributed by atoms with Crippen molar-refractivity contribution in [3.8, 4) is 5.75 Å². The zero-order valence-electron chi connectivity index (χ0n) is 18.4. The van der Waals surface area contributed by atoms with E-state index in [-0.39, 0.29) is 11.1 Å². The van der Waals surface area contributed by atoms with E-state index >= 15 is 0 Å². The lowest BCUT2D eigenvalue weighted by molar-refractivity contribution is -0.0685. The first kappa shape index (κ1) is 23.6. The van der Waals surface area contributed by atoms with Crippen LogP contribution in [0.3, 0.4) is 0 Å². The SMILES string of the molecule is CCN(CC)CCOc1ccccc1C(=C(c1ccccc1)C(F)(F)F)c1ccccc1. The fraction of sp³-hybridized carbons (Fsp3) is 0.259. The predicted octanol–water partition coefficient (Wildman–Crippen LogP) is 6.93. The number of para-hydroxylation sites is 1. The molecule has 0 heterocycles. The van der Waals surface area contributed by atoms with E-state index in [0.29, 0.717) is 30.0 Å². The molecule has 2 nitrogen and oxygen atoms in total. The number of benzene rings is 3. The molecule has 0 bridgehead atoms. The maximum absolute atomic E-state index is 14.5. The molecule has 0 atom stereocenters. The Bertz CT molecular complexity index is 1010. The molecule has 3 aromatic carbocycles. The van der Waals surface area contributed by atoms with E-state index in [1.165, 1.54) is 12.1 Å². The Kier molecular flexibility index (Phi) is 8.12. The number of hydrogen-bond donors (Lipinski definition) is 0. The van der Waals surface area contributed by atoms with Crippen molar-refractivity contribution in [3.63, 3.8) is 0 Å². The molecule has 5 heteroatoms. The molecule has 0 aliphatic rings. The smallest absolute Gasteiger partial charge is 0.417 e. The number of likely N-dealkylation sites (N-methyl/N-ethyl adjacent to an activating group) is 1. The molecule has 0 radical (unpaired) electrons. The van der Waals surface area contributed by atoms with Gasteiger partial charge in [0.25, 0.3) is 0 Å². The number of halogens is 3. The van der Waals surface area contributed by atoms with Gasteiger partial charge in [0.15, 0.2) is 0 Å². The molecular formula is C27H28F3NO. The minimum atomic E-state index is -4.55. The van der Waals surface area contributed by atoms with Crippen LogP contribution in [0.2, 0.25) is 0 Å². The molecule has 0 saturated heterocycles. The average Bonchev–Trinajstić information content (AvgIpc) is 2.81. The molecular weight excluding hydrogens is 411 g/mol. The van der Waals surface area contributed by atoms with Gasteiger partial charge >= 0.3 is 6.18 Å². The van der Waals surface area contributed by atoms with Crippen molar-refractivity contribution in [3.05, 3.63) is 102 Å². The van der Waals surface area contributed by atoms with Crippen molar-refractivity contribution in [1.82, 2.24) is 4.90 Å². The second-order valence-electron chi connectivity index (χ2n) is 7.35. The molecule has 0 unspecified atom stereocenters. The normalized spacial score (nSPS) is 12.6. The van der Waals surface area contributed by atoms with Crippen LogP contribution in [-0.2, 0) is 0 Å². The fourth-order valence-electron chi connectivity index (χ4n) is 3.72. The average molecular weight is 440 g/mol. The van der Waals surface area contributed by atoms with Crippen molar-refractivity contribution >= 4 is 11.1 Å². The van der Waals surface area contributed by atoms with E-state index in [4.69, 9.17) is 4.74 Å². The van der Waals surface area contributed by atoms with E-state index in [1.54, 1.807) is 72.8 Å². The van der Waals surface area contributed by atoms with Crippen LogP contribution in [0.25, 0.3) is 11.1 Å². The van der Waals surface area contributed by atoms with Crippen LogP contribution in [0.1, 0.15) is 30.5 Å². The summed E-state index contributed by atoms with van der Waals surface area (Å²) in [6, 6.07) is 23.6. The zero-order valence-corrected chi connectivity index (χ0v) is 18.4. The first-order valence-corrected chi connectivity index (χ1v) is 10.8. The highest BCUT2D eigenvalue weighted by Gasteiger charge is 2.38. The van der Waals surface area contributed by atoms with Crippen LogP contribution in [0.4, 0.5) is 13.2 Å². The second kappa shape index (κ2) is 11.0. The van der Waals surface area contributed by atoms with Crippen LogP contribution in [0.5, 0.6) is 5.75 Å². The van der Waals surface area contributed by atoms with Crippen LogP contribution < -0.4 is 4.74 Å². The summed E-state index contributed by atoms with van der Waals surface area (Å²) in [5.41, 5.74) is 0.474. The third kappa shape index (κ3) is 5.80. The Hall–Kier alpha value is -3.05. The monoisotopic (exact) mass is 439 g/mol. The first-order valence-electron chi connectivity index (χ1n) is 10.8. The predicted molar refractivity (Wildman–Crippen MR) is 125 cm³/mol. The van der Waals surface area contributed by atoms with Crippen molar-refractivity contribution < 1.29 is 17.9 Å². The zero-order chi connectivity index (χ0) is 23.0. The molecule has 0 saturated carbocycles. The lowest BCUT2D eigenvalue weighted by atomic mass is 9.88. The van der Waals surface area contributed by atoms with Crippen LogP contribution in [-0.4, -0.2) is 37.3 Å². The van der Waals surface area contributed by atoms with Crippen LogP contribution >= 0.6 is 0 Å². The van der Waals surface area contributed by atoms with Gasteiger partial charge in [-0.15, -0.1) is 0 Å². The molecule has 0 aliphatic carbocycles. The van der Waals surface area contributed by atoms with Crippen LogP contribution in [0.15, 0.2) is 84.9 Å². The van der Waals surface area contributed by atoms with Gasteiger partial charge in [-0.05, 0) is 30.3 Å². The van der Waals surface area contributed by atoms with Gasteiger partial charge in [-0.25, -0.2) is 0 Å². The number of alkyl halides is 3. The summed E-state index contributed by atoms with van der Waals surface area (Å²) < 4.78 is 49.5. The number of ether oxygens (including phenoxy) is 1. The summed E-state index contributed by atoms with van der Waals surface area (Å²) in [5.74, 6) is 0.441. The van der Waals surface area contributed by atoms with Gasteiger partial charge < -0.3 is 9.64 Å². The quantitative estimate of drug-likeness (QED) is 0.335. The van der Waals surface area contributed by atoms with Gasteiger partial charge in [0, 0.05) is 17.7 Å². The summed E-state index contributed by atoms with van der Waals surface area (Å²) >= 11 is 0. The summed E-state index contributed by atoms with van der Waals surface area (Å²) in [6.45, 7) is 7.03. The Morgan fingerprint density at radius 2 is 1.28 bits per heavy atom. The number of hydrogen-bond acceptors (Lipinski definition) is 2. The minimum absolute atomic E-state index is 0.114.